The van der Waals surface area contributed by atoms with Gasteiger partial charge in [0.25, 0.3) is 0 Å². The Hall–Kier alpha value is -2.08. The minimum Gasteiger partial charge on any atom is -0.381 e. The van der Waals surface area contributed by atoms with Crippen molar-refractivity contribution in [2.45, 2.75) is 68.2 Å². The van der Waals surface area contributed by atoms with Gasteiger partial charge in [-0.3, -0.25) is 9.59 Å². The van der Waals surface area contributed by atoms with Crippen LogP contribution >= 0.6 is 20.2 Å². The van der Waals surface area contributed by atoms with Crippen LogP contribution in [0.15, 0.2) is 42.5 Å². The molecule has 228 valence electrons. The summed E-state index contributed by atoms with van der Waals surface area (Å²) in [7, 11) is 14.2. The first-order valence-electron chi connectivity index (χ1n) is 16.0. The Morgan fingerprint density at radius 1 is 0.909 bits per heavy atom. The van der Waals surface area contributed by atoms with Gasteiger partial charge >= 0.3 is 0 Å². The number of halogens is 2. The zero-order valence-corrected chi connectivity index (χ0v) is 26.8. The molecule has 5 aliphatic heterocycles. The molecule has 2 aromatic rings. The van der Waals surface area contributed by atoms with Crippen LogP contribution in [0.1, 0.15) is 56.1 Å². The summed E-state index contributed by atoms with van der Waals surface area (Å²) in [6.45, 7) is 2.44. The van der Waals surface area contributed by atoms with Gasteiger partial charge in [0, 0.05) is 49.4 Å². The van der Waals surface area contributed by atoms with Gasteiger partial charge in [-0.25, -0.2) is 4.39 Å². The number of amides is 2. The molecular weight excluding hydrogens is 591 g/mol. The molecule has 4 unspecified atom stereocenters. The molecule has 8 aliphatic rings. The molecule has 5 heterocycles. The second-order valence-electron chi connectivity index (χ2n) is 13.7. The van der Waals surface area contributed by atoms with Crippen molar-refractivity contribution >= 4 is 58.7 Å². The third-order valence-corrected chi connectivity index (χ3v) is 13.3. The molecule has 2 amide bonds. The first-order valence-corrected chi connectivity index (χ1v) is 17.5. The van der Waals surface area contributed by atoms with E-state index in [9.17, 15) is 9.59 Å². The van der Waals surface area contributed by atoms with Crippen LogP contribution in [0.2, 0.25) is 5.02 Å². The molecule has 1 spiro atoms. The Kier molecular flexibility index (Phi) is 8.07. The lowest BCUT2D eigenvalue weighted by Crippen LogP contribution is -2.58. The molecule has 3 saturated carbocycles. The minimum atomic E-state index is -1.31. The van der Waals surface area contributed by atoms with E-state index in [1.54, 1.807) is 11.0 Å². The van der Waals surface area contributed by atoms with Gasteiger partial charge in [-0.15, -0.1) is 0 Å². The molecule has 44 heavy (non-hydrogen) atoms. The SMILES string of the molecule is [B]C1([B])c2cc(Cl)ccc2NCc2ccc(cc2)PC2CCC2C2(F)CCC3(CC2)CC3C(=O)NCC(=O)N2CCN1CC2. The molecular formula is C33H39B2ClFN4O2P. The highest BCUT2D eigenvalue weighted by atomic mass is 35.5. The van der Waals surface area contributed by atoms with E-state index in [2.05, 4.69) is 34.9 Å². The van der Waals surface area contributed by atoms with Gasteiger partial charge in [0.05, 0.1) is 22.2 Å². The Labute approximate surface area is 269 Å². The fourth-order valence-corrected chi connectivity index (χ4v) is 10.1. The maximum atomic E-state index is 16.4. The Balaban J connectivity index is 1.12. The molecule has 11 heteroatoms. The topological polar surface area (TPSA) is 64.7 Å². The number of anilines is 1. The number of fused-ring (bicyclic) bond motifs is 3. The third kappa shape index (κ3) is 5.71. The van der Waals surface area contributed by atoms with Crippen molar-refractivity contribution in [3.63, 3.8) is 0 Å². The number of alkyl halides is 1. The van der Waals surface area contributed by atoms with Crippen molar-refractivity contribution in [1.29, 1.82) is 0 Å². The first kappa shape index (κ1) is 30.6. The predicted octanol–water partition coefficient (Wildman–Crippen LogP) is 4.04. The number of hydrogen-bond acceptors (Lipinski definition) is 4. The number of hydrogen-bond donors (Lipinski definition) is 2. The average Bonchev–Trinajstić information content (AvgIpc) is 3.73. The fourth-order valence-electron chi connectivity index (χ4n) is 8.12. The number of piperazine rings is 1. The van der Waals surface area contributed by atoms with Crippen LogP contribution in [0.3, 0.4) is 0 Å². The lowest BCUT2D eigenvalue weighted by molar-refractivity contribution is -0.135. The zero-order valence-electron chi connectivity index (χ0n) is 25.1. The molecule has 2 N–H and O–H groups in total. The van der Waals surface area contributed by atoms with E-state index < -0.39 is 11.0 Å². The third-order valence-electron chi connectivity index (χ3n) is 11.3. The van der Waals surface area contributed by atoms with Crippen LogP contribution in [0.4, 0.5) is 10.1 Å². The standard InChI is InChI=1S/C33H39B2ClFN4O2P/c34-33(35)25-17-22(36)3-7-27(25)38-19-21-1-4-23(5-2-21)44-28-8-6-24(28)32(37)11-9-31(10-12-32)18-26(31)30(43)39-20-29(42)40-13-15-41(33)16-14-40/h1-5,7,17,24,26,28,38,44H,6,8-16,18-20H2,(H,39,43). The van der Waals surface area contributed by atoms with Crippen molar-refractivity contribution in [1.82, 2.24) is 15.1 Å². The van der Waals surface area contributed by atoms with E-state index in [4.69, 9.17) is 27.3 Å². The molecule has 6 nitrogen and oxygen atoms in total. The normalized spacial score (nSPS) is 34.5. The fraction of sp³-hybridized carbons (Fsp3) is 0.576. The summed E-state index contributed by atoms with van der Waals surface area (Å²) in [6, 6.07) is 14.2. The van der Waals surface area contributed by atoms with Gasteiger partial charge in [-0.05, 0) is 102 Å². The molecule has 10 rings (SSSR count). The smallest absolute Gasteiger partial charge is 0.242 e. The van der Waals surface area contributed by atoms with Crippen LogP contribution < -0.4 is 15.9 Å². The van der Waals surface area contributed by atoms with Gasteiger partial charge in [0.15, 0.2) is 0 Å². The van der Waals surface area contributed by atoms with Crippen molar-refractivity contribution in [2.24, 2.45) is 17.3 Å². The van der Waals surface area contributed by atoms with Crippen LogP contribution in [0.5, 0.6) is 0 Å². The van der Waals surface area contributed by atoms with Crippen LogP contribution in [-0.2, 0) is 21.5 Å². The average molecular weight is 631 g/mol. The highest BCUT2D eigenvalue weighted by molar-refractivity contribution is 7.48. The summed E-state index contributed by atoms with van der Waals surface area (Å²) in [5.41, 5.74) is 1.78. The molecule has 4 fully saturated rings. The van der Waals surface area contributed by atoms with E-state index in [0.29, 0.717) is 70.4 Å². The van der Waals surface area contributed by atoms with Crippen molar-refractivity contribution < 1.29 is 14.0 Å². The van der Waals surface area contributed by atoms with E-state index >= 15 is 4.39 Å². The summed E-state index contributed by atoms with van der Waals surface area (Å²) in [5, 5.41) is 6.91. The molecule has 3 aliphatic carbocycles. The van der Waals surface area contributed by atoms with Crippen LogP contribution in [0, 0.1) is 17.3 Å². The summed E-state index contributed by atoms with van der Waals surface area (Å²) in [4.78, 5) is 29.9. The molecule has 4 radical (unpaired) electrons. The lowest BCUT2D eigenvalue weighted by Gasteiger charge is -2.49. The number of carbonyl (C=O) groups is 2. The van der Waals surface area contributed by atoms with E-state index in [1.165, 1.54) is 5.30 Å². The second-order valence-corrected chi connectivity index (χ2v) is 15.8. The first-order chi connectivity index (χ1) is 21.1. The largest absolute Gasteiger partial charge is 0.381 e. The zero-order chi connectivity index (χ0) is 30.7. The van der Waals surface area contributed by atoms with Crippen molar-refractivity contribution in [2.75, 3.05) is 38.0 Å². The molecule has 6 bridgehead atoms. The number of carbonyl (C=O) groups excluding carboxylic acids is 2. The molecule has 2 aromatic carbocycles. The Morgan fingerprint density at radius 3 is 2.32 bits per heavy atom. The molecule has 1 saturated heterocycles. The highest BCUT2D eigenvalue weighted by Crippen LogP contribution is 2.65. The second kappa shape index (κ2) is 11.6. The monoisotopic (exact) mass is 630 g/mol. The number of rotatable bonds is 0. The minimum absolute atomic E-state index is 0.0262. The Morgan fingerprint density at radius 2 is 1.64 bits per heavy atom. The summed E-state index contributed by atoms with van der Waals surface area (Å²) < 4.78 is 16.4. The summed E-state index contributed by atoms with van der Waals surface area (Å²) in [5.74, 6) is -0.186. The molecule has 4 atom stereocenters. The van der Waals surface area contributed by atoms with Crippen molar-refractivity contribution in [3.8, 4) is 0 Å². The molecule has 0 aromatic heterocycles. The number of nitrogens with zero attached hydrogens (tertiary/aromatic N) is 2. The van der Waals surface area contributed by atoms with Gasteiger partial charge in [0.1, 0.15) is 5.67 Å². The maximum Gasteiger partial charge on any atom is 0.242 e. The predicted molar refractivity (Wildman–Crippen MR) is 177 cm³/mol. The Bertz CT molecular complexity index is 1430. The number of benzene rings is 2. The van der Waals surface area contributed by atoms with E-state index in [-0.39, 0.29) is 35.6 Å². The quantitative estimate of drug-likeness (QED) is 0.341. The van der Waals surface area contributed by atoms with Gasteiger partial charge < -0.3 is 20.4 Å². The highest BCUT2D eigenvalue weighted by Gasteiger charge is 2.62. The summed E-state index contributed by atoms with van der Waals surface area (Å²) in [6.07, 6.45) is 5.46. The lowest BCUT2D eigenvalue weighted by atomic mass is 9.56. The maximum absolute atomic E-state index is 16.4. The summed E-state index contributed by atoms with van der Waals surface area (Å²) >= 11 is 6.40. The van der Waals surface area contributed by atoms with Crippen LogP contribution in [-0.4, -0.2) is 81.4 Å². The van der Waals surface area contributed by atoms with Gasteiger partial charge in [0.2, 0.25) is 11.8 Å². The number of nitrogens with one attached hydrogen (secondary N) is 2. The van der Waals surface area contributed by atoms with Gasteiger partial charge in [-0.2, -0.15) is 0 Å². The van der Waals surface area contributed by atoms with E-state index in [1.807, 2.05) is 17.0 Å². The van der Waals surface area contributed by atoms with Crippen LogP contribution in [0.25, 0.3) is 0 Å². The van der Waals surface area contributed by atoms with E-state index in [0.717, 1.165) is 43.4 Å². The van der Waals surface area contributed by atoms with Gasteiger partial charge in [-0.1, -0.05) is 44.4 Å². The van der Waals surface area contributed by atoms with Crippen molar-refractivity contribution in [3.05, 3.63) is 58.6 Å².